The minimum atomic E-state index is -1.23. The summed E-state index contributed by atoms with van der Waals surface area (Å²) >= 11 is 0. The summed E-state index contributed by atoms with van der Waals surface area (Å²) in [6.45, 7) is 1.91. The number of carbonyl (C=O) groups is 3. The van der Waals surface area contributed by atoms with Gasteiger partial charge in [0.05, 0.1) is 20.1 Å². The second kappa shape index (κ2) is 13.7. The predicted octanol–water partition coefficient (Wildman–Crippen LogP) is 1.94. The quantitative estimate of drug-likeness (QED) is 0.312. The van der Waals surface area contributed by atoms with Crippen LogP contribution in [-0.4, -0.2) is 48.8 Å². The van der Waals surface area contributed by atoms with Gasteiger partial charge in [-0.15, -0.1) is 0 Å². The minimum Gasteiger partial charge on any atom is -0.544 e. The molecule has 0 rings (SSSR count). The standard InChI is InChI=1S/C20H38N2O4/c1-4-5-6-7-8-9-10-11-12-13-17(23)14-15-18(20(21)26)22(2,3)16-19(24)25/h18H,4-16H2,1-3H3,(H2-,21,24,25,26). The van der Waals surface area contributed by atoms with Crippen molar-refractivity contribution >= 4 is 17.7 Å². The third-order valence-electron chi connectivity index (χ3n) is 4.96. The lowest BCUT2D eigenvalue weighted by Crippen LogP contribution is -2.59. The Hall–Kier alpha value is -1.43. The van der Waals surface area contributed by atoms with Crippen molar-refractivity contribution in [2.24, 2.45) is 5.73 Å². The van der Waals surface area contributed by atoms with Crippen molar-refractivity contribution in [2.75, 3.05) is 20.6 Å². The van der Waals surface area contributed by atoms with Gasteiger partial charge in [0.2, 0.25) is 0 Å². The molecule has 0 aliphatic heterocycles. The molecule has 0 radical (unpaired) electrons. The number of Topliss-reactive ketones (excluding diaryl/α,β-unsaturated/α-hetero) is 1. The zero-order valence-electron chi connectivity index (χ0n) is 16.9. The van der Waals surface area contributed by atoms with Gasteiger partial charge in [-0.2, -0.15) is 0 Å². The Morgan fingerprint density at radius 1 is 0.885 bits per heavy atom. The molecule has 0 aromatic rings. The van der Waals surface area contributed by atoms with Crippen LogP contribution in [0.1, 0.15) is 84.0 Å². The van der Waals surface area contributed by atoms with E-state index in [2.05, 4.69) is 6.92 Å². The van der Waals surface area contributed by atoms with Gasteiger partial charge in [-0.1, -0.05) is 58.3 Å². The number of nitrogens with two attached hydrogens (primary N) is 1. The van der Waals surface area contributed by atoms with E-state index >= 15 is 0 Å². The highest BCUT2D eigenvalue weighted by atomic mass is 16.4. The van der Waals surface area contributed by atoms with Gasteiger partial charge in [-0.3, -0.25) is 9.59 Å². The maximum atomic E-state index is 12.0. The van der Waals surface area contributed by atoms with Gasteiger partial charge in [0.15, 0.2) is 6.04 Å². The van der Waals surface area contributed by atoms with Crippen molar-refractivity contribution in [1.82, 2.24) is 0 Å². The van der Waals surface area contributed by atoms with Crippen molar-refractivity contribution in [1.29, 1.82) is 0 Å². The number of ketones is 1. The number of carboxylic acids is 1. The lowest BCUT2D eigenvalue weighted by Gasteiger charge is -2.36. The molecule has 0 saturated carbocycles. The molecule has 1 unspecified atom stereocenters. The largest absolute Gasteiger partial charge is 0.544 e. The molecule has 1 amide bonds. The van der Waals surface area contributed by atoms with Gasteiger partial charge in [-0.05, 0) is 6.42 Å². The molecule has 0 aliphatic rings. The summed E-state index contributed by atoms with van der Waals surface area (Å²) in [6, 6.07) is -0.694. The molecule has 0 heterocycles. The summed E-state index contributed by atoms with van der Waals surface area (Å²) in [7, 11) is 3.24. The smallest absolute Gasteiger partial charge is 0.275 e. The first-order valence-corrected chi connectivity index (χ1v) is 10.0. The van der Waals surface area contributed by atoms with E-state index in [0.717, 1.165) is 12.8 Å². The molecule has 26 heavy (non-hydrogen) atoms. The predicted molar refractivity (Wildman–Crippen MR) is 101 cm³/mol. The van der Waals surface area contributed by atoms with E-state index in [1.54, 1.807) is 14.1 Å². The minimum absolute atomic E-state index is 0.0943. The number of likely N-dealkylation sites (N-methyl/N-ethyl adjacent to an activating group) is 1. The van der Waals surface area contributed by atoms with Crippen LogP contribution in [0, 0.1) is 0 Å². The van der Waals surface area contributed by atoms with Crippen LogP contribution in [0.2, 0.25) is 0 Å². The molecule has 0 bridgehead atoms. The van der Waals surface area contributed by atoms with E-state index in [1.807, 2.05) is 0 Å². The van der Waals surface area contributed by atoms with Gasteiger partial charge < -0.3 is 20.1 Å². The highest BCUT2D eigenvalue weighted by molar-refractivity contribution is 5.82. The van der Waals surface area contributed by atoms with E-state index in [9.17, 15) is 19.5 Å². The number of rotatable bonds is 17. The first kappa shape index (κ1) is 24.6. The molecular formula is C20H38N2O4. The summed E-state index contributed by atoms with van der Waals surface area (Å²) in [6.07, 6.45) is 11.9. The Labute approximate surface area is 158 Å². The maximum Gasteiger partial charge on any atom is 0.275 e. The van der Waals surface area contributed by atoms with Crippen LogP contribution < -0.4 is 10.8 Å². The third-order valence-corrected chi connectivity index (χ3v) is 4.96. The zero-order chi connectivity index (χ0) is 20.0. The van der Waals surface area contributed by atoms with Crippen molar-refractivity contribution < 1.29 is 24.0 Å². The molecule has 152 valence electrons. The van der Waals surface area contributed by atoms with Gasteiger partial charge in [0.1, 0.15) is 12.3 Å². The molecule has 0 saturated heterocycles. The van der Waals surface area contributed by atoms with E-state index < -0.39 is 17.9 Å². The Bertz CT molecular complexity index is 436. The monoisotopic (exact) mass is 370 g/mol. The molecule has 0 aliphatic carbocycles. The average molecular weight is 371 g/mol. The highest BCUT2D eigenvalue weighted by Gasteiger charge is 2.33. The van der Waals surface area contributed by atoms with Crippen molar-refractivity contribution in [3.05, 3.63) is 0 Å². The molecule has 6 nitrogen and oxygen atoms in total. The molecule has 6 heteroatoms. The van der Waals surface area contributed by atoms with E-state index in [0.29, 0.717) is 6.42 Å². The third kappa shape index (κ3) is 12.0. The lowest BCUT2D eigenvalue weighted by atomic mass is 10.0. The number of primary amides is 1. The number of nitrogens with zero attached hydrogens (tertiary/aromatic N) is 1. The molecule has 1 atom stereocenters. The molecule has 2 N–H and O–H groups in total. The van der Waals surface area contributed by atoms with Gasteiger partial charge >= 0.3 is 0 Å². The lowest BCUT2D eigenvalue weighted by molar-refractivity contribution is -0.900. The average Bonchev–Trinajstić information content (AvgIpc) is 2.51. The van der Waals surface area contributed by atoms with Gasteiger partial charge in [0.25, 0.3) is 5.91 Å². The Morgan fingerprint density at radius 3 is 1.85 bits per heavy atom. The van der Waals surface area contributed by atoms with Crippen LogP contribution >= 0.6 is 0 Å². The van der Waals surface area contributed by atoms with Crippen molar-refractivity contribution in [3.63, 3.8) is 0 Å². The number of hydrogen-bond donors (Lipinski definition) is 1. The number of aliphatic carboxylic acids is 1. The van der Waals surface area contributed by atoms with Crippen LogP contribution in [0.25, 0.3) is 0 Å². The normalized spacial score (nSPS) is 12.7. The molecular weight excluding hydrogens is 332 g/mol. The van der Waals surface area contributed by atoms with Crippen LogP contribution in [0.4, 0.5) is 0 Å². The van der Waals surface area contributed by atoms with Gasteiger partial charge in [0, 0.05) is 19.3 Å². The number of amides is 1. The van der Waals surface area contributed by atoms with E-state index in [-0.39, 0.29) is 29.7 Å². The maximum absolute atomic E-state index is 12.0. The summed E-state index contributed by atoms with van der Waals surface area (Å²) in [5.41, 5.74) is 5.40. The first-order valence-electron chi connectivity index (χ1n) is 10.0. The Morgan fingerprint density at radius 2 is 1.38 bits per heavy atom. The fourth-order valence-electron chi connectivity index (χ4n) is 3.33. The highest BCUT2D eigenvalue weighted by Crippen LogP contribution is 2.15. The number of carbonyl (C=O) groups excluding carboxylic acids is 3. The van der Waals surface area contributed by atoms with Gasteiger partial charge in [-0.25, -0.2) is 0 Å². The zero-order valence-corrected chi connectivity index (χ0v) is 16.9. The van der Waals surface area contributed by atoms with Crippen LogP contribution in [0.5, 0.6) is 0 Å². The van der Waals surface area contributed by atoms with Crippen molar-refractivity contribution in [3.8, 4) is 0 Å². The van der Waals surface area contributed by atoms with E-state index in [4.69, 9.17) is 5.73 Å². The van der Waals surface area contributed by atoms with Crippen LogP contribution in [-0.2, 0) is 14.4 Å². The number of carboxylic acid groups (broad SMARTS) is 1. The first-order chi connectivity index (χ1) is 12.2. The Kier molecular flexibility index (Phi) is 13.0. The molecule has 0 aromatic heterocycles. The fraction of sp³-hybridized carbons (Fsp3) is 0.850. The molecule has 0 spiro atoms. The topological polar surface area (TPSA) is 100 Å². The second-order valence-electron chi connectivity index (χ2n) is 7.88. The fourth-order valence-corrected chi connectivity index (χ4v) is 3.33. The van der Waals surface area contributed by atoms with Crippen LogP contribution in [0.3, 0.4) is 0 Å². The molecule has 0 aromatic carbocycles. The summed E-state index contributed by atoms with van der Waals surface area (Å²) in [4.78, 5) is 34.5. The van der Waals surface area contributed by atoms with E-state index in [1.165, 1.54) is 44.9 Å². The summed E-state index contributed by atoms with van der Waals surface area (Å²) in [5, 5.41) is 10.8. The number of quaternary nitrogens is 1. The Balaban J connectivity index is 3.97. The summed E-state index contributed by atoms with van der Waals surface area (Å²) < 4.78 is -0.0943. The second-order valence-corrected chi connectivity index (χ2v) is 7.88. The molecule has 0 fully saturated rings. The number of hydrogen-bond acceptors (Lipinski definition) is 4. The van der Waals surface area contributed by atoms with Crippen molar-refractivity contribution in [2.45, 2.75) is 90.0 Å². The summed E-state index contributed by atoms with van der Waals surface area (Å²) in [5.74, 6) is -1.69. The number of unbranched alkanes of at least 4 members (excludes halogenated alkanes) is 8. The van der Waals surface area contributed by atoms with Crippen LogP contribution in [0.15, 0.2) is 0 Å². The SMILES string of the molecule is CCCCCCCCCCCC(=O)CCC(C(N)=O)[N+](C)(C)CC(=O)[O-].